The number of rotatable bonds is 3. The van der Waals surface area contributed by atoms with Crippen LogP contribution in [0, 0.1) is 5.92 Å². The number of carbonyl (C=O) groups excluding carboxylic acids is 1. The van der Waals surface area contributed by atoms with Crippen LogP contribution in [0.25, 0.3) is 0 Å². The van der Waals surface area contributed by atoms with Gasteiger partial charge < -0.3 is 5.32 Å². The molecular weight excluding hydrogens is 226 g/mol. The highest BCUT2D eigenvalue weighted by Crippen LogP contribution is 2.39. The Labute approximate surface area is 108 Å². The summed E-state index contributed by atoms with van der Waals surface area (Å²) in [6.07, 6.45) is 7.18. The first-order valence-corrected chi connectivity index (χ1v) is 7.08. The van der Waals surface area contributed by atoms with E-state index in [-0.39, 0.29) is 5.91 Å². The Balaban J connectivity index is 1.59. The van der Waals surface area contributed by atoms with E-state index in [0.29, 0.717) is 17.7 Å². The first-order chi connectivity index (χ1) is 8.72. The lowest BCUT2D eigenvalue weighted by atomic mass is 9.87. The van der Waals surface area contributed by atoms with Crippen molar-refractivity contribution in [2.45, 2.75) is 57.4 Å². The van der Waals surface area contributed by atoms with Gasteiger partial charge in [-0.25, -0.2) is 0 Å². The van der Waals surface area contributed by atoms with Gasteiger partial charge in [-0.1, -0.05) is 19.8 Å². The predicted octanol–water partition coefficient (Wildman–Crippen LogP) is 2.60. The lowest BCUT2D eigenvalue weighted by molar-refractivity contribution is 0.0916. The maximum absolute atomic E-state index is 12.1. The molecule has 0 spiro atoms. The minimum absolute atomic E-state index is 0.0164. The molecule has 2 unspecified atom stereocenters. The van der Waals surface area contributed by atoms with E-state index in [1.54, 1.807) is 0 Å². The normalized spacial score (nSPS) is 28.1. The van der Waals surface area contributed by atoms with Crippen LogP contribution in [-0.4, -0.2) is 22.1 Å². The number of hydrogen-bond acceptors (Lipinski definition) is 2. The van der Waals surface area contributed by atoms with Gasteiger partial charge in [-0.15, -0.1) is 0 Å². The van der Waals surface area contributed by atoms with Crippen LogP contribution in [-0.2, 0) is 0 Å². The molecule has 0 radical (unpaired) electrons. The number of H-pyrrole nitrogens is 1. The first-order valence-electron chi connectivity index (χ1n) is 7.08. The number of hydrogen-bond donors (Lipinski definition) is 2. The third-order valence-electron chi connectivity index (χ3n) is 4.12. The number of carbonyl (C=O) groups is 1. The summed E-state index contributed by atoms with van der Waals surface area (Å²) >= 11 is 0. The SMILES string of the molecule is CC1CCCC(NC(=O)c2cc(C3CC3)[nH]n2)C1. The van der Waals surface area contributed by atoms with E-state index < -0.39 is 0 Å². The highest BCUT2D eigenvalue weighted by atomic mass is 16.2. The topological polar surface area (TPSA) is 57.8 Å². The molecule has 1 heterocycles. The van der Waals surface area contributed by atoms with Crippen molar-refractivity contribution in [2.24, 2.45) is 5.92 Å². The Kier molecular flexibility index (Phi) is 3.10. The molecule has 0 saturated heterocycles. The Hall–Kier alpha value is -1.32. The smallest absolute Gasteiger partial charge is 0.271 e. The molecule has 2 saturated carbocycles. The lowest BCUT2D eigenvalue weighted by Gasteiger charge is -2.27. The summed E-state index contributed by atoms with van der Waals surface area (Å²) < 4.78 is 0. The van der Waals surface area contributed by atoms with Crippen LogP contribution < -0.4 is 5.32 Å². The molecule has 2 fully saturated rings. The average molecular weight is 247 g/mol. The summed E-state index contributed by atoms with van der Waals surface area (Å²) in [5.41, 5.74) is 1.67. The second kappa shape index (κ2) is 4.75. The Morgan fingerprint density at radius 1 is 1.39 bits per heavy atom. The van der Waals surface area contributed by atoms with Crippen LogP contribution in [0.5, 0.6) is 0 Å². The molecule has 2 aliphatic rings. The predicted molar refractivity (Wildman–Crippen MR) is 69.4 cm³/mol. The second-order valence-corrected chi connectivity index (χ2v) is 5.92. The van der Waals surface area contributed by atoms with Crippen molar-refractivity contribution in [1.29, 1.82) is 0 Å². The molecule has 1 amide bonds. The van der Waals surface area contributed by atoms with E-state index >= 15 is 0 Å². The molecule has 4 nitrogen and oxygen atoms in total. The molecule has 18 heavy (non-hydrogen) atoms. The monoisotopic (exact) mass is 247 g/mol. The van der Waals surface area contributed by atoms with Crippen molar-refractivity contribution in [1.82, 2.24) is 15.5 Å². The Bertz CT molecular complexity index is 436. The zero-order chi connectivity index (χ0) is 12.5. The van der Waals surface area contributed by atoms with Gasteiger partial charge in [0.2, 0.25) is 0 Å². The van der Waals surface area contributed by atoms with Crippen LogP contribution in [0.1, 0.15) is 67.5 Å². The van der Waals surface area contributed by atoms with E-state index in [0.717, 1.165) is 24.5 Å². The average Bonchev–Trinajstić information content (AvgIpc) is 3.07. The Morgan fingerprint density at radius 3 is 2.94 bits per heavy atom. The quantitative estimate of drug-likeness (QED) is 0.862. The molecule has 2 atom stereocenters. The zero-order valence-corrected chi connectivity index (χ0v) is 10.9. The highest BCUT2D eigenvalue weighted by Gasteiger charge is 2.27. The number of amides is 1. The number of nitrogens with zero attached hydrogens (tertiary/aromatic N) is 1. The molecule has 1 aromatic heterocycles. The third kappa shape index (κ3) is 2.57. The maximum atomic E-state index is 12.1. The van der Waals surface area contributed by atoms with Crippen molar-refractivity contribution in [3.05, 3.63) is 17.5 Å². The molecule has 2 aliphatic carbocycles. The van der Waals surface area contributed by atoms with Crippen molar-refractivity contribution in [3.8, 4) is 0 Å². The van der Waals surface area contributed by atoms with Gasteiger partial charge in [0, 0.05) is 17.7 Å². The molecule has 4 heteroatoms. The zero-order valence-electron chi connectivity index (χ0n) is 10.9. The molecule has 1 aromatic rings. The molecule has 0 bridgehead atoms. The van der Waals surface area contributed by atoms with Gasteiger partial charge in [0.25, 0.3) is 5.91 Å². The number of nitrogens with one attached hydrogen (secondary N) is 2. The number of aromatic amines is 1. The van der Waals surface area contributed by atoms with Crippen LogP contribution >= 0.6 is 0 Å². The highest BCUT2D eigenvalue weighted by molar-refractivity contribution is 5.92. The fourth-order valence-corrected chi connectivity index (χ4v) is 2.88. The van der Waals surface area contributed by atoms with Crippen molar-refractivity contribution in [3.63, 3.8) is 0 Å². The summed E-state index contributed by atoms with van der Waals surface area (Å²) in [4.78, 5) is 12.1. The standard InChI is InChI=1S/C14H21N3O/c1-9-3-2-4-11(7-9)15-14(18)13-8-12(16-17-13)10-5-6-10/h8-11H,2-7H2,1H3,(H,15,18)(H,16,17). The van der Waals surface area contributed by atoms with E-state index in [1.165, 1.54) is 25.7 Å². The van der Waals surface area contributed by atoms with Gasteiger partial charge in [0.15, 0.2) is 0 Å². The third-order valence-corrected chi connectivity index (χ3v) is 4.12. The van der Waals surface area contributed by atoms with Crippen LogP contribution in [0.15, 0.2) is 6.07 Å². The fourth-order valence-electron chi connectivity index (χ4n) is 2.88. The summed E-state index contributed by atoms with van der Waals surface area (Å²) in [5.74, 6) is 1.33. The van der Waals surface area contributed by atoms with Gasteiger partial charge in [0.05, 0.1) is 0 Å². The van der Waals surface area contributed by atoms with Crippen molar-refractivity contribution in [2.75, 3.05) is 0 Å². The van der Waals surface area contributed by atoms with Gasteiger partial charge in [-0.2, -0.15) is 5.10 Å². The maximum Gasteiger partial charge on any atom is 0.271 e. The molecule has 0 aliphatic heterocycles. The molecule has 0 aromatic carbocycles. The van der Waals surface area contributed by atoms with Crippen molar-refractivity contribution >= 4 is 5.91 Å². The van der Waals surface area contributed by atoms with E-state index in [9.17, 15) is 4.79 Å². The van der Waals surface area contributed by atoms with Crippen molar-refractivity contribution < 1.29 is 4.79 Å². The summed E-state index contributed by atoms with van der Waals surface area (Å²) in [6, 6.07) is 2.25. The van der Waals surface area contributed by atoms with E-state index in [2.05, 4.69) is 22.4 Å². The van der Waals surface area contributed by atoms with E-state index in [1.807, 2.05) is 6.07 Å². The molecule has 2 N–H and O–H groups in total. The van der Waals surface area contributed by atoms with Gasteiger partial charge in [-0.05, 0) is 37.7 Å². The van der Waals surface area contributed by atoms with Gasteiger partial charge >= 0.3 is 0 Å². The molecule has 98 valence electrons. The number of aromatic nitrogens is 2. The lowest BCUT2D eigenvalue weighted by Crippen LogP contribution is -2.38. The van der Waals surface area contributed by atoms with Gasteiger partial charge in [0.1, 0.15) is 5.69 Å². The summed E-state index contributed by atoms with van der Waals surface area (Å²) in [6.45, 7) is 2.26. The molecular formula is C14H21N3O. The summed E-state index contributed by atoms with van der Waals surface area (Å²) in [5, 5.41) is 10.2. The minimum Gasteiger partial charge on any atom is -0.348 e. The van der Waals surface area contributed by atoms with Gasteiger partial charge in [-0.3, -0.25) is 9.89 Å². The first kappa shape index (κ1) is 11.8. The van der Waals surface area contributed by atoms with Crippen LogP contribution in [0.3, 0.4) is 0 Å². The fraction of sp³-hybridized carbons (Fsp3) is 0.714. The summed E-state index contributed by atoms with van der Waals surface area (Å²) in [7, 11) is 0. The second-order valence-electron chi connectivity index (χ2n) is 5.92. The van der Waals surface area contributed by atoms with Crippen LogP contribution in [0.4, 0.5) is 0 Å². The Morgan fingerprint density at radius 2 is 2.22 bits per heavy atom. The van der Waals surface area contributed by atoms with Crippen LogP contribution in [0.2, 0.25) is 0 Å². The van der Waals surface area contributed by atoms with E-state index in [4.69, 9.17) is 0 Å². The molecule has 3 rings (SSSR count). The minimum atomic E-state index is -0.0164. The largest absolute Gasteiger partial charge is 0.348 e.